The number of aromatic nitrogens is 1. The van der Waals surface area contributed by atoms with E-state index in [0.717, 1.165) is 28.0 Å². The average Bonchev–Trinajstić information content (AvgIpc) is 3.87. The van der Waals surface area contributed by atoms with E-state index in [-0.39, 0.29) is 42.7 Å². The highest BCUT2D eigenvalue weighted by atomic mass is 33.1. The number of hydrogen-bond acceptors (Lipinski definition) is 13. The van der Waals surface area contributed by atoms with Crippen molar-refractivity contribution < 1.29 is 38.3 Å². The molecule has 2 atom stereocenters. The molecule has 2 fully saturated rings. The molecule has 6 rings (SSSR count). The molecule has 1 aromatic heterocycles. The fraction of sp³-hybridized carbons (Fsp3) is 0.265. The third kappa shape index (κ3) is 8.43. The summed E-state index contributed by atoms with van der Waals surface area (Å²) in [5, 5.41) is 12.9. The van der Waals surface area contributed by atoms with Gasteiger partial charge in [-0.1, -0.05) is 41.1 Å². The molecule has 13 nitrogen and oxygen atoms in total. The Bertz CT molecular complexity index is 1920. The minimum Gasteiger partial charge on any atom is -0.484 e. The fourth-order valence-electron chi connectivity index (χ4n) is 4.84. The van der Waals surface area contributed by atoms with Crippen molar-refractivity contribution in [1.82, 2.24) is 15.2 Å². The molecule has 2 heterocycles. The lowest BCUT2D eigenvalue weighted by Gasteiger charge is -2.46. The molecule has 50 heavy (non-hydrogen) atoms. The first-order valence-corrected chi connectivity index (χ1v) is 18.5. The lowest BCUT2D eigenvalue weighted by molar-refractivity contribution is -0.384. The van der Waals surface area contributed by atoms with Crippen LogP contribution in [-0.2, 0) is 35.3 Å². The molecule has 4 aromatic rings. The number of carbonyl (C=O) groups is 4. The lowest BCUT2D eigenvalue weighted by Crippen LogP contribution is -2.69. The Labute approximate surface area is 297 Å². The molecule has 258 valence electrons. The van der Waals surface area contributed by atoms with Crippen LogP contribution in [0, 0.1) is 16.0 Å². The Morgan fingerprint density at radius 2 is 1.72 bits per heavy atom. The van der Waals surface area contributed by atoms with Gasteiger partial charge < -0.3 is 19.5 Å². The minimum atomic E-state index is -1.08. The van der Waals surface area contributed by atoms with Gasteiger partial charge in [-0.05, 0) is 78.4 Å². The van der Waals surface area contributed by atoms with E-state index in [1.54, 1.807) is 24.3 Å². The van der Waals surface area contributed by atoms with Gasteiger partial charge in [-0.2, -0.15) is 0 Å². The molecule has 1 aliphatic carbocycles. The summed E-state index contributed by atoms with van der Waals surface area (Å²) in [6.45, 7) is 0.915. The summed E-state index contributed by atoms with van der Waals surface area (Å²) in [6.07, 6.45) is 1.86. The van der Waals surface area contributed by atoms with Gasteiger partial charge in [0.05, 0.1) is 27.3 Å². The molecule has 0 spiro atoms. The minimum absolute atomic E-state index is 0.131. The van der Waals surface area contributed by atoms with E-state index < -0.39 is 40.1 Å². The summed E-state index contributed by atoms with van der Waals surface area (Å²) in [5.41, 5.74) is 0.656. The van der Waals surface area contributed by atoms with Gasteiger partial charge in [0.15, 0.2) is 10.9 Å². The largest absolute Gasteiger partial charge is 0.484 e. The zero-order chi connectivity index (χ0) is 35.2. The number of β-lactam (4-membered cyclic amide) rings is 1. The highest BCUT2D eigenvalue weighted by Gasteiger charge is 2.53. The standard InChI is InChI=1S/C34H30N4O9S3/c1-20(32(41)46-17-21-11-12-21)29(33(42)47-18-22-13-15-23(16-14-22)38(43)44)37-30(40)28(36-27(39)19-45-24-7-3-2-4-8-24)31(37)49-50-34-35-25-9-5-6-10-26(25)48-34/h2-10,13-16,21,28,31H,11-12,17-19H2,1H3,(H,36,39). The summed E-state index contributed by atoms with van der Waals surface area (Å²) in [5.74, 6) is -2.24. The Morgan fingerprint density at radius 3 is 2.42 bits per heavy atom. The molecule has 0 bridgehead atoms. The number of hydrogen-bond donors (Lipinski definition) is 1. The number of likely N-dealkylation sites (tertiary alicyclic amines) is 1. The number of benzene rings is 3. The Kier molecular flexibility index (Phi) is 11.0. The van der Waals surface area contributed by atoms with Crippen LogP contribution >= 0.6 is 32.9 Å². The number of para-hydroxylation sites is 2. The van der Waals surface area contributed by atoms with Crippen molar-refractivity contribution in [1.29, 1.82) is 0 Å². The first-order chi connectivity index (χ1) is 24.2. The van der Waals surface area contributed by atoms with Gasteiger partial charge in [-0.25, -0.2) is 14.6 Å². The maximum absolute atomic E-state index is 13.8. The summed E-state index contributed by atoms with van der Waals surface area (Å²) in [4.78, 5) is 70.1. The Balaban J connectivity index is 1.25. The van der Waals surface area contributed by atoms with E-state index in [2.05, 4.69) is 10.3 Å². The van der Waals surface area contributed by atoms with Crippen LogP contribution < -0.4 is 10.1 Å². The van der Waals surface area contributed by atoms with Crippen LogP contribution in [0.4, 0.5) is 5.69 Å². The van der Waals surface area contributed by atoms with Crippen molar-refractivity contribution in [3.05, 3.63) is 106 Å². The fourth-order valence-corrected chi connectivity index (χ4v) is 8.75. The Hall–Kier alpha value is -4.93. The van der Waals surface area contributed by atoms with Gasteiger partial charge >= 0.3 is 11.9 Å². The molecule has 2 unspecified atom stereocenters. The van der Waals surface area contributed by atoms with Crippen LogP contribution in [0.2, 0.25) is 0 Å². The lowest BCUT2D eigenvalue weighted by atomic mass is 10.0. The van der Waals surface area contributed by atoms with Crippen LogP contribution in [0.5, 0.6) is 5.75 Å². The van der Waals surface area contributed by atoms with Gasteiger partial charge in [0.1, 0.15) is 29.5 Å². The second-order valence-corrected chi connectivity index (χ2v) is 15.0. The molecule has 2 amide bonds. The zero-order valence-corrected chi connectivity index (χ0v) is 29.0. The van der Waals surface area contributed by atoms with Gasteiger partial charge in [0, 0.05) is 12.1 Å². The maximum atomic E-state index is 13.8. The van der Waals surface area contributed by atoms with Crippen molar-refractivity contribution in [3.8, 4) is 5.75 Å². The number of nitrogens with one attached hydrogen (secondary N) is 1. The maximum Gasteiger partial charge on any atom is 0.355 e. The van der Waals surface area contributed by atoms with E-state index in [1.807, 2.05) is 30.3 Å². The molecular weight excluding hydrogens is 705 g/mol. The van der Waals surface area contributed by atoms with Crippen molar-refractivity contribution in [3.63, 3.8) is 0 Å². The number of esters is 2. The quantitative estimate of drug-likeness (QED) is 0.0399. The number of non-ortho nitro benzene ring substituents is 1. The number of thiazole rings is 1. The smallest absolute Gasteiger partial charge is 0.355 e. The predicted molar refractivity (Wildman–Crippen MR) is 187 cm³/mol. The predicted octanol–water partition coefficient (Wildman–Crippen LogP) is 5.65. The molecule has 1 saturated carbocycles. The normalized spacial score (nSPS) is 17.4. The number of nitrogens with zero attached hydrogens (tertiary/aromatic N) is 3. The first-order valence-electron chi connectivity index (χ1n) is 15.5. The van der Waals surface area contributed by atoms with Crippen LogP contribution in [0.15, 0.2) is 94.5 Å². The van der Waals surface area contributed by atoms with Crippen LogP contribution in [0.1, 0.15) is 25.3 Å². The van der Waals surface area contributed by atoms with Crippen LogP contribution in [0.25, 0.3) is 10.2 Å². The SMILES string of the molecule is CC(C(=O)OCC1CC1)=C(C(=O)OCc1ccc([N+](=O)[O-])cc1)N1C(=O)C(NC(=O)COc2ccccc2)C1SSc1nc2ccccc2s1. The first kappa shape index (κ1) is 34.9. The second kappa shape index (κ2) is 15.7. The molecular formula is C34H30N4O9S3. The summed E-state index contributed by atoms with van der Waals surface area (Å²) in [7, 11) is 2.45. The van der Waals surface area contributed by atoms with Crippen molar-refractivity contribution in [2.45, 2.75) is 42.1 Å². The third-order valence-corrected chi connectivity index (χ3v) is 11.7. The number of ether oxygens (including phenoxy) is 3. The molecule has 1 aliphatic heterocycles. The molecule has 1 N–H and O–H groups in total. The van der Waals surface area contributed by atoms with Gasteiger partial charge in [-0.3, -0.25) is 24.6 Å². The third-order valence-electron chi connectivity index (χ3n) is 7.72. The van der Waals surface area contributed by atoms with Crippen molar-refractivity contribution in [2.24, 2.45) is 5.92 Å². The molecule has 0 radical (unpaired) electrons. The molecule has 2 aliphatic rings. The number of nitro groups is 1. The molecule has 3 aromatic carbocycles. The average molecular weight is 735 g/mol. The van der Waals surface area contributed by atoms with Crippen LogP contribution in [-0.4, -0.2) is 63.2 Å². The van der Waals surface area contributed by atoms with E-state index in [9.17, 15) is 29.3 Å². The van der Waals surface area contributed by atoms with Crippen LogP contribution in [0.3, 0.4) is 0 Å². The summed E-state index contributed by atoms with van der Waals surface area (Å²) in [6, 6.07) is 20.7. The number of fused-ring (bicyclic) bond motifs is 1. The van der Waals surface area contributed by atoms with Crippen molar-refractivity contribution >= 4 is 72.6 Å². The van der Waals surface area contributed by atoms with E-state index in [4.69, 9.17) is 14.2 Å². The van der Waals surface area contributed by atoms with Gasteiger partial charge in [0.25, 0.3) is 17.5 Å². The number of nitro benzene ring substituents is 1. The van der Waals surface area contributed by atoms with Crippen molar-refractivity contribution in [2.75, 3.05) is 13.2 Å². The highest BCUT2D eigenvalue weighted by molar-refractivity contribution is 8.77. The second-order valence-electron chi connectivity index (χ2n) is 11.4. The van der Waals surface area contributed by atoms with E-state index in [0.29, 0.717) is 15.7 Å². The number of rotatable bonds is 15. The zero-order valence-electron chi connectivity index (χ0n) is 26.5. The topological polar surface area (TPSA) is 167 Å². The number of carbonyl (C=O) groups excluding carboxylic acids is 4. The highest BCUT2D eigenvalue weighted by Crippen LogP contribution is 2.46. The molecule has 1 saturated heterocycles. The monoisotopic (exact) mass is 734 g/mol. The van der Waals surface area contributed by atoms with E-state index >= 15 is 0 Å². The number of amides is 2. The molecule has 16 heteroatoms. The van der Waals surface area contributed by atoms with Gasteiger partial charge in [-0.15, -0.1) is 11.3 Å². The summed E-state index contributed by atoms with van der Waals surface area (Å²) < 4.78 is 18.2. The Morgan fingerprint density at radius 1 is 1.00 bits per heavy atom. The van der Waals surface area contributed by atoms with E-state index in [1.165, 1.54) is 64.1 Å². The summed E-state index contributed by atoms with van der Waals surface area (Å²) >= 11 is 1.45. The van der Waals surface area contributed by atoms with Gasteiger partial charge in [0.2, 0.25) is 0 Å².